The Balaban J connectivity index is 1.78. The molecule has 0 aromatic carbocycles. The van der Waals surface area contributed by atoms with E-state index in [0.29, 0.717) is 6.04 Å². The second kappa shape index (κ2) is 3.85. The first-order valence-electron chi connectivity index (χ1n) is 5.54. The standard InChI is InChI=1S/C11H15N3S/c1-2-9(14-11-12-5-6-13-11)8-4-7-15-10(8)3-1/h4,7,9H,1-3,5-6H2,(H2,12,13,14). The van der Waals surface area contributed by atoms with Gasteiger partial charge in [0.1, 0.15) is 0 Å². The van der Waals surface area contributed by atoms with Crippen molar-refractivity contribution in [3.63, 3.8) is 0 Å². The molecule has 1 unspecified atom stereocenters. The molecule has 15 heavy (non-hydrogen) atoms. The summed E-state index contributed by atoms with van der Waals surface area (Å²) in [5.74, 6) is 0.985. The Morgan fingerprint density at radius 1 is 1.53 bits per heavy atom. The summed E-state index contributed by atoms with van der Waals surface area (Å²) in [6, 6.07) is 2.73. The first-order valence-corrected chi connectivity index (χ1v) is 6.42. The molecular weight excluding hydrogens is 206 g/mol. The highest BCUT2D eigenvalue weighted by atomic mass is 32.1. The Labute approximate surface area is 93.6 Å². The molecule has 1 aliphatic carbocycles. The molecule has 0 saturated heterocycles. The number of hydrogen-bond donors (Lipinski definition) is 2. The van der Waals surface area contributed by atoms with Crippen LogP contribution in [0.5, 0.6) is 0 Å². The van der Waals surface area contributed by atoms with E-state index in [1.54, 1.807) is 4.88 Å². The molecule has 4 heteroatoms. The van der Waals surface area contributed by atoms with Gasteiger partial charge >= 0.3 is 0 Å². The van der Waals surface area contributed by atoms with Gasteiger partial charge in [0.25, 0.3) is 0 Å². The normalized spacial score (nSPS) is 24.3. The first-order chi connectivity index (χ1) is 7.43. The van der Waals surface area contributed by atoms with Crippen LogP contribution in [0.25, 0.3) is 0 Å². The zero-order valence-corrected chi connectivity index (χ0v) is 9.44. The van der Waals surface area contributed by atoms with E-state index in [0.717, 1.165) is 19.0 Å². The van der Waals surface area contributed by atoms with Crippen LogP contribution in [0.3, 0.4) is 0 Å². The lowest BCUT2D eigenvalue weighted by Crippen LogP contribution is -2.37. The molecule has 2 N–H and O–H groups in total. The lowest BCUT2D eigenvalue weighted by molar-refractivity contribution is 0.529. The highest BCUT2D eigenvalue weighted by Crippen LogP contribution is 2.33. The maximum atomic E-state index is 4.38. The van der Waals surface area contributed by atoms with Crippen molar-refractivity contribution in [2.45, 2.75) is 25.3 Å². The van der Waals surface area contributed by atoms with Crippen LogP contribution in [0.2, 0.25) is 0 Å². The minimum absolute atomic E-state index is 0.476. The zero-order valence-electron chi connectivity index (χ0n) is 8.62. The van der Waals surface area contributed by atoms with E-state index in [2.05, 4.69) is 27.1 Å². The van der Waals surface area contributed by atoms with Crippen LogP contribution in [0.1, 0.15) is 29.3 Å². The number of rotatable bonds is 1. The number of aliphatic imine (C=N–C) groups is 1. The van der Waals surface area contributed by atoms with Crippen LogP contribution in [0, 0.1) is 0 Å². The molecule has 0 bridgehead atoms. The predicted octanol–water partition coefficient (Wildman–Crippen LogP) is 1.67. The van der Waals surface area contributed by atoms with Crippen LogP contribution in [0.15, 0.2) is 16.4 Å². The number of nitrogens with one attached hydrogen (secondary N) is 2. The van der Waals surface area contributed by atoms with Gasteiger partial charge in [0.05, 0.1) is 12.6 Å². The molecule has 0 saturated carbocycles. The van der Waals surface area contributed by atoms with Gasteiger partial charge in [0.2, 0.25) is 0 Å². The lowest BCUT2D eigenvalue weighted by Gasteiger charge is -2.24. The molecule has 0 fully saturated rings. The van der Waals surface area contributed by atoms with E-state index in [1.165, 1.54) is 24.8 Å². The highest BCUT2D eigenvalue weighted by Gasteiger charge is 2.22. The number of hydrogen-bond acceptors (Lipinski definition) is 4. The molecule has 1 atom stereocenters. The fraction of sp³-hybridized carbons (Fsp3) is 0.545. The van der Waals surface area contributed by atoms with Crippen LogP contribution in [-0.4, -0.2) is 19.0 Å². The van der Waals surface area contributed by atoms with E-state index in [1.807, 2.05) is 11.3 Å². The second-order valence-electron chi connectivity index (χ2n) is 4.05. The van der Waals surface area contributed by atoms with Crippen LogP contribution < -0.4 is 10.6 Å². The van der Waals surface area contributed by atoms with Crippen molar-refractivity contribution in [2.75, 3.05) is 13.1 Å². The largest absolute Gasteiger partial charge is 0.355 e. The minimum atomic E-state index is 0.476. The Bertz CT molecular complexity index is 383. The van der Waals surface area contributed by atoms with Gasteiger partial charge in [-0.3, -0.25) is 4.99 Å². The van der Waals surface area contributed by atoms with Gasteiger partial charge in [-0.25, -0.2) is 0 Å². The molecular formula is C11H15N3S. The molecule has 3 rings (SSSR count). The summed E-state index contributed by atoms with van der Waals surface area (Å²) in [6.07, 6.45) is 3.77. The Morgan fingerprint density at radius 2 is 2.53 bits per heavy atom. The quantitative estimate of drug-likeness (QED) is 0.757. The molecule has 0 amide bonds. The maximum absolute atomic E-state index is 4.38. The van der Waals surface area contributed by atoms with Gasteiger partial charge in [-0.15, -0.1) is 11.3 Å². The topological polar surface area (TPSA) is 36.4 Å². The van der Waals surface area contributed by atoms with Crippen molar-refractivity contribution < 1.29 is 0 Å². The SMILES string of the molecule is c1cc2c(s1)CCCC2NC1=NCCN1. The van der Waals surface area contributed by atoms with Crippen LogP contribution >= 0.6 is 11.3 Å². The van der Waals surface area contributed by atoms with E-state index >= 15 is 0 Å². The molecule has 1 aromatic heterocycles. The summed E-state index contributed by atoms with van der Waals surface area (Å²) in [5, 5.41) is 8.98. The van der Waals surface area contributed by atoms with Gasteiger partial charge in [0.15, 0.2) is 5.96 Å². The average molecular weight is 221 g/mol. The summed E-state index contributed by atoms with van der Waals surface area (Å²) in [7, 11) is 0. The number of fused-ring (bicyclic) bond motifs is 1. The average Bonchev–Trinajstić information content (AvgIpc) is 2.87. The Hall–Kier alpha value is -1.03. The van der Waals surface area contributed by atoms with Crippen LogP contribution in [-0.2, 0) is 6.42 Å². The van der Waals surface area contributed by atoms with Crippen molar-refractivity contribution in [1.29, 1.82) is 0 Å². The molecule has 2 heterocycles. The third-order valence-corrected chi connectivity index (χ3v) is 4.03. The van der Waals surface area contributed by atoms with E-state index in [-0.39, 0.29) is 0 Å². The van der Waals surface area contributed by atoms with Gasteiger partial charge < -0.3 is 10.6 Å². The van der Waals surface area contributed by atoms with Crippen molar-refractivity contribution in [2.24, 2.45) is 4.99 Å². The number of aryl methyl sites for hydroxylation is 1. The van der Waals surface area contributed by atoms with Crippen molar-refractivity contribution >= 4 is 17.3 Å². The van der Waals surface area contributed by atoms with E-state index in [9.17, 15) is 0 Å². The van der Waals surface area contributed by atoms with E-state index in [4.69, 9.17) is 0 Å². The predicted molar refractivity (Wildman–Crippen MR) is 63.4 cm³/mol. The van der Waals surface area contributed by atoms with E-state index < -0.39 is 0 Å². The molecule has 0 spiro atoms. The molecule has 3 nitrogen and oxygen atoms in total. The van der Waals surface area contributed by atoms with Gasteiger partial charge in [-0.1, -0.05) is 0 Å². The van der Waals surface area contributed by atoms with Gasteiger partial charge in [-0.05, 0) is 36.3 Å². The summed E-state index contributed by atoms with van der Waals surface area (Å²) in [6.45, 7) is 1.89. The summed E-state index contributed by atoms with van der Waals surface area (Å²) in [4.78, 5) is 5.94. The molecule has 1 aliphatic heterocycles. The van der Waals surface area contributed by atoms with Gasteiger partial charge in [0, 0.05) is 11.4 Å². The smallest absolute Gasteiger partial charge is 0.191 e. The van der Waals surface area contributed by atoms with Crippen molar-refractivity contribution in [1.82, 2.24) is 10.6 Å². The molecule has 0 radical (unpaired) electrons. The first kappa shape index (κ1) is 9.21. The highest BCUT2D eigenvalue weighted by molar-refractivity contribution is 7.10. The third-order valence-electron chi connectivity index (χ3n) is 3.04. The third kappa shape index (κ3) is 1.74. The fourth-order valence-electron chi connectivity index (χ4n) is 2.30. The number of nitrogens with zero attached hydrogens (tertiary/aromatic N) is 1. The van der Waals surface area contributed by atoms with Crippen LogP contribution in [0.4, 0.5) is 0 Å². The summed E-state index contributed by atoms with van der Waals surface area (Å²) >= 11 is 1.89. The van der Waals surface area contributed by atoms with Crippen molar-refractivity contribution in [3.8, 4) is 0 Å². The molecule has 2 aliphatic rings. The maximum Gasteiger partial charge on any atom is 0.191 e. The number of guanidine groups is 1. The second-order valence-corrected chi connectivity index (χ2v) is 5.05. The minimum Gasteiger partial charge on any atom is -0.355 e. The lowest BCUT2D eigenvalue weighted by atomic mass is 9.94. The zero-order chi connectivity index (χ0) is 10.1. The number of thiophene rings is 1. The van der Waals surface area contributed by atoms with Gasteiger partial charge in [-0.2, -0.15) is 0 Å². The summed E-state index contributed by atoms with van der Waals surface area (Å²) < 4.78 is 0. The Kier molecular flexibility index (Phi) is 2.37. The monoisotopic (exact) mass is 221 g/mol. The molecule has 1 aromatic rings. The Morgan fingerprint density at radius 3 is 3.40 bits per heavy atom. The van der Waals surface area contributed by atoms with Crippen molar-refractivity contribution in [3.05, 3.63) is 21.9 Å². The molecule has 80 valence electrons. The fourth-order valence-corrected chi connectivity index (χ4v) is 3.28. The summed E-state index contributed by atoms with van der Waals surface area (Å²) in [5.41, 5.74) is 1.49.